The van der Waals surface area contributed by atoms with Crippen LogP contribution in [0.1, 0.15) is 31.4 Å². The Kier molecular flexibility index (Phi) is 7.22. The number of aromatic nitrogens is 6. The molecule has 1 aliphatic heterocycles. The fourth-order valence-corrected chi connectivity index (χ4v) is 6.95. The summed E-state index contributed by atoms with van der Waals surface area (Å²) in [5.41, 5.74) is 4.53. The third-order valence-electron chi connectivity index (χ3n) is 7.70. The van der Waals surface area contributed by atoms with Crippen LogP contribution in [-0.4, -0.2) is 59.2 Å². The van der Waals surface area contributed by atoms with E-state index < -0.39 is 23.5 Å². The molecule has 0 radical (unpaired) electrons. The zero-order chi connectivity index (χ0) is 29.7. The van der Waals surface area contributed by atoms with Crippen LogP contribution in [0.4, 0.5) is 11.6 Å². The number of fused-ring (bicyclic) bond motifs is 10. The maximum Gasteiger partial charge on any atom is 0.275 e. The number of nitrogens with zero attached hydrogens (tertiary/aromatic N) is 6. The van der Waals surface area contributed by atoms with Gasteiger partial charge in [-0.25, -0.2) is 18.1 Å². The summed E-state index contributed by atoms with van der Waals surface area (Å²) >= 11 is 0. The average molecular weight is 608 g/mol. The van der Waals surface area contributed by atoms with Crippen molar-refractivity contribution in [2.24, 2.45) is 0 Å². The van der Waals surface area contributed by atoms with E-state index in [2.05, 4.69) is 57.3 Å². The Labute approximate surface area is 247 Å². The van der Waals surface area contributed by atoms with E-state index in [0.29, 0.717) is 18.4 Å². The fourth-order valence-electron chi connectivity index (χ4n) is 5.16. The smallest absolute Gasteiger partial charge is 0.275 e. The molecule has 11 nitrogen and oxygen atoms in total. The lowest BCUT2D eigenvalue weighted by Crippen LogP contribution is -2.34. The molecule has 1 aliphatic carbocycles. The summed E-state index contributed by atoms with van der Waals surface area (Å²) in [6.45, 7) is 11.6. The van der Waals surface area contributed by atoms with Crippen LogP contribution in [0.2, 0.25) is 25.7 Å². The summed E-state index contributed by atoms with van der Waals surface area (Å²) in [6.07, 6.45) is 6.30. The third kappa shape index (κ3) is 5.60. The molecule has 1 aromatic carbocycles. The molecule has 3 aromatic heterocycles. The molecule has 0 unspecified atom stereocenters. The number of benzene rings is 1. The van der Waals surface area contributed by atoms with Gasteiger partial charge in [0.15, 0.2) is 5.03 Å². The number of hydrogen-bond donors (Lipinski definition) is 1. The minimum atomic E-state index is -4.12. The third-order valence-corrected chi connectivity index (χ3v) is 10.8. The number of rotatable bonds is 5. The standard InChI is InChI=1S/C29H37N7O4SSi/c1-29(2)18-40-24-17-21(11-13-30-24)23-10-9-20-7-6-8-22(20)26(23)31-27-32-28(41(37,38)25-12-14-36(29)33-25)34-35(27)19-39-15-16-42(3,4)5/h9-14,17H,6-8,15-16,18-19H2,1-5H3,(H,31,32,34). The van der Waals surface area contributed by atoms with Crippen molar-refractivity contribution in [2.45, 2.75) is 81.2 Å². The van der Waals surface area contributed by atoms with Crippen molar-refractivity contribution in [1.82, 2.24) is 29.5 Å². The van der Waals surface area contributed by atoms with E-state index in [1.54, 1.807) is 17.1 Å². The molecule has 42 heavy (non-hydrogen) atoms. The Balaban J connectivity index is 1.50. The molecule has 0 saturated heterocycles. The molecule has 0 atom stereocenters. The van der Waals surface area contributed by atoms with E-state index in [4.69, 9.17) is 9.47 Å². The summed E-state index contributed by atoms with van der Waals surface area (Å²) in [5, 5.41) is 11.9. The van der Waals surface area contributed by atoms with Gasteiger partial charge in [0.1, 0.15) is 13.3 Å². The van der Waals surface area contributed by atoms with Crippen LogP contribution >= 0.6 is 0 Å². The largest absolute Gasteiger partial charge is 0.475 e. The van der Waals surface area contributed by atoms with Gasteiger partial charge in [0.25, 0.3) is 15.0 Å². The Morgan fingerprint density at radius 1 is 1.12 bits per heavy atom. The lowest BCUT2D eigenvalue weighted by molar-refractivity contribution is 0.0792. The molecule has 0 saturated carbocycles. The highest BCUT2D eigenvalue weighted by Gasteiger charge is 2.32. The summed E-state index contributed by atoms with van der Waals surface area (Å²) < 4.78 is 42.7. The van der Waals surface area contributed by atoms with Gasteiger partial charge < -0.3 is 14.8 Å². The quantitative estimate of drug-likeness (QED) is 0.245. The van der Waals surface area contributed by atoms with Gasteiger partial charge in [0.2, 0.25) is 11.8 Å². The molecule has 0 amide bonds. The van der Waals surface area contributed by atoms with Gasteiger partial charge in [-0.2, -0.15) is 10.1 Å². The summed E-state index contributed by atoms with van der Waals surface area (Å²) in [6, 6.07) is 10.6. The number of hydrogen-bond acceptors (Lipinski definition) is 9. The molecule has 4 aromatic rings. The van der Waals surface area contributed by atoms with Crippen molar-refractivity contribution in [2.75, 3.05) is 18.5 Å². The second-order valence-electron chi connectivity index (χ2n) is 12.8. The number of pyridine rings is 1. The number of anilines is 2. The van der Waals surface area contributed by atoms with Gasteiger partial charge >= 0.3 is 0 Å². The maximum atomic E-state index is 13.7. The molecule has 13 heteroatoms. The van der Waals surface area contributed by atoms with E-state index in [0.717, 1.165) is 42.1 Å². The lowest BCUT2D eigenvalue weighted by atomic mass is 9.98. The molecular formula is C29H37N7O4SSi. The summed E-state index contributed by atoms with van der Waals surface area (Å²) in [7, 11) is -5.44. The van der Waals surface area contributed by atoms with Crippen molar-refractivity contribution < 1.29 is 17.9 Å². The van der Waals surface area contributed by atoms with Gasteiger partial charge in [0, 0.05) is 38.7 Å². The molecule has 0 fully saturated rings. The SMILES string of the molecule is CC1(C)COc2cc(ccn2)-c2ccc3c(c2Nc2nc(nn2COCC[Si](C)(C)C)S(=O)(=O)c2ccn1n2)CCC3. The molecule has 4 heterocycles. The molecular weight excluding hydrogens is 571 g/mol. The first kappa shape index (κ1) is 28.6. The topological polar surface area (TPSA) is 126 Å². The zero-order valence-corrected chi connectivity index (χ0v) is 26.5. The van der Waals surface area contributed by atoms with Crippen LogP contribution < -0.4 is 10.1 Å². The lowest BCUT2D eigenvalue weighted by Gasteiger charge is -2.25. The summed E-state index contributed by atoms with van der Waals surface area (Å²) in [5.74, 6) is 0.765. The summed E-state index contributed by atoms with van der Waals surface area (Å²) in [4.78, 5) is 8.98. The van der Waals surface area contributed by atoms with Crippen LogP contribution in [0.15, 0.2) is 52.9 Å². The fraction of sp³-hybridized carbons (Fsp3) is 0.448. The van der Waals surface area contributed by atoms with Crippen molar-refractivity contribution in [3.8, 4) is 17.0 Å². The first-order valence-corrected chi connectivity index (χ1v) is 19.4. The number of sulfone groups is 1. The maximum absolute atomic E-state index is 13.7. The van der Waals surface area contributed by atoms with Crippen molar-refractivity contribution in [3.63, 3.8) is 0 Å². The van der Waals surface area contributed by atoms with Crippen LogP contribution in [0.3, 0.4) is 0 Å². The van der Waals surface area contributed by atoms with Crippen molar-refractivity contribution in [3.05, 3.63) is 53.9 Å². The highest BCUT2D eigenvalue weighted by molar-refractivity contribution is 7.91. The number of ether oxygens (including phenoxy) is 2. The Morgan fingerprint density at radius 3 is 2.76 bits per heavy atom. The predicted molar refractivity (Wildman–Crippen MR) is 162 cm³/mol. The Morgan fingerprint density at radius 2 is 1.95 bits per heavy atom. The number of aryl methyl sites for hydroxylation is 1. The molecule has 2 aliphatic rings. The Bertz CT molecular complexity index is 1740. The second-order valence-corrected chi connectivity index (χ2v) is 20.2. The van der Waals surface area contributed by atoms with Gasteiger partial charge in [-0.1, -0.05) is 31.8 Å². The van der Waals surface area contributed by atoms with Gasteiger partial charge in [-0.15, -0.1) is 5.10 Å². The molecule has 0 spiro atoms. The van der Waals surface area contributed by atoms with Crippen LogP contribution in [0.25, 0.3) is 11.1 Å². The monoisotopic (exact) mass is 607 g/mol. The van der Waals surface area contributed by atoms with Crippen LogP contribution in [-0.2, 0) is 39.7 Å². The van der Waals surface area contributed by atoms with E-state index in [-0.39, 0.29) is 23.5 Å². The van der Waals surface area contributed by atoms with Gasteiger partial charge in [-0.3, -0.25) is 4.68 Å². The van der Waals surface area contributed by atoms with Crippen molar-refractivity contribution in [1.29, 1.82) is 0 Å². The Hall–Kier alpha value is -3.55. The molecule has 6 bridgehead atoms. The van der Waals surface area contributed by atoms with E-state index in [1.165, 1.54) is 21.9 Å². The first-order chi connectivity index (χ1) is 19.9. The second kappa shape index (κ2) is 10.6. The average Bonchev–Trinajstić information content (AvgIpc) is 3.70. The molecule has 1 N–H and O–H groups in total. The molecule has 6 rings (SSSR count). The number of nitrogens with one attached hydrogen (secondary N) is 1. The van der Waals surface area contributed by atoms with Gasteiger partial charge in [0.05, 0.1) is 11.2 Å². The highest BCUT2D eigenvalue weighted by Crippen LogP contribution is 2.40. The minimum Gasteiger partial charge on any atom is -0.475 e. The van der Waals surface area contributed by atoms with E-state index in [9.17, 15) is 8.42 Å². The first-order valence-electron chi connectivity index (χ1n) is 14.3. The van der Waals surface area contributed by atoms with Gasteiger partial charge in [-0.05, 0) is 68.0 Å². The van der Waals surface area contributed by atoms with E-state index >= 15 is 0 Å². The predicted octanol–water partition coefficient (Wildman–Crippen LogP) is 5.04. The van der Waals surface area contributed by atoms with Crippen molar-refractivity contribution >= 4 is 29.5 Å². The van der Waals surface area contributed by atoms with Crippen LogP contribution in [0.5, 0.6) is 5.88 Å². The zero-order valence-electron chi connectivity index (χ0n) is 24.7. The normalized spacial score (nSPS) is 17.2. The van der Waals surface area contributed by atoms with Crippen LogP contribution in [0, 0.1) is 0 Å². The molecule has 222 valence electrons. The van der Waals surface area contributed by atoms with E-state index in [1.807, 2.05) is 26.0 Å². The minimum absolute atomic E-state index is 0.0639. The highest BCUT2D eigenvalue weighted by atomic mass is 32.2.